The molecule has 0 fully saturated rings. The highest BCUT2D eigenvalue weighted by molar-refractivity contribution is 6.99. The molecule has 0 aliphatic rings. The van der Waals surface area contributed by atoms with E-state index in [1.807, 2.05) is 18.2 Å². The Morgan fingerprint density at radius 1 is 0.722 bits per heavy atom. The van der Waals surface area contributed by atoms with Crippen LogP contribution in [0.1, 0.15) is 43.0 Å². The van der Waals surface area contributed by atoms with Crippen molar-refractivity contribution in [2.45, 2.75) is 45.3 Å². The van der Waals surface area contributed by atoms with Gasteiger partial charge in [0.25, 0.3) is 8.32 Å². The number of aliphatic carboxylic acids is 1. The number of carboxylic acid groups (broad SMARTS) is 1. The van der Waals surface area contributed by atoms with Gasteiger partial charge in [0, 0.05) is 0 Å². The molecule has 0 saturated heterocycles. The molecule has 0 amide bonds. The molecule has 4 rings (SSSR count). The lowest BCUT2D eigenvalue weighted by Gasteiger charge is -2.43. The van der Waals surface area contributed by atoms with Gasteiger partial charge in [-0.1, -0.05) is 130 Å². The molecule has 36 heavy (non-hydrogen) atoms. The zero-order valence-corrected chi connectivity index (χ0v) is 22.3. The molecule has 0 saturated carbocycles. The zero-order chi connectivity index (χ0) is 25.6. The van der Waals surface area contributed by atoms with Crippen LogP contribution in [0.4, 0.5) is 0 Å². The fraction of sp³-hybridized carbons (Fsp3) is 0.219. The van der Waals surface area contributed by atoms with Crippen LogP contribution in [0, 0.1) is 0 Å². The number of hydrogen-bond acceptors (Lipinski definition) is 2. The van der Waals surface area contributed by atoms with Gasteiger partial charge in [-0.25, -0.2) is 0 Å². The average Bonchev–Trinajstić information content (AvgIpc) is 2.86. The Morgan fingerprint density at radius 2 is 1.25 bits per heavy atom. The quantitative estimate of drug-likeness (QED) is 0.291. The fourth-order valence-electron chi connectivity index (χ4n) is 5.06. The summed E-state index contributed by atoms with van der Waals surface area (Å²) in [5, 5.41) is 11.6. The summed E-state index contributed by atoms with van der Waals surface area (Å²) in [7, 11) is -2.64. The van der Waals surface area contributed by atoms with Crippen molar-refractivity contribution in [1.82, 2.24) is 0 Å². The molecule has 0 atom stereocenters. The molecule has 3 nitrogen and oxygen atoms in total. The minimum atomic E-state index is -2.64. The van der Waals surface area contributed by atoms with Crippen LogP contribution in [0.5, 0.6) is 0 Å². The lowest BCUT2D eigenvalue weighted by Crippen LogP contribution is -2.66. The maximum atomic E-state index is 11.2. The van der Waals surface area contributed by atoms with Crippen molar-refractivity contribution in [2.75, 3.05) is 0 Å². The maximum Gasteiger partial charge on any atom is 0.307 e. The van der Waals surface area contributed by atoms with E-state index < -0.39 is 14.3 Å². The Balaban J connectivity index is 1.69. The van der Waals surface area contributed by atoms with Gasteiger partial charge in [-0.2, -0.15) is 0 Å². The third kappa shape index (κ3) is 5.67. The summed E-state index contributed by atoms with van der Waals surface area (Å²) in [5.74, 6) is -0.814. The second kappa shape index (κ2) is 11.1. The van der Waals surface area contributed by atoms with Gasteiger partial charge in [0.2, 0.25) is 0 Å². The molecule has 4 heteroatoms. The first-order valence-electron chi connectivity index (χ1n) is 12.4. The summed E-state index contributed by atoms with van der Waals surface area (Å²) in [6.45, 7) is 7.38. The van der Waals surface area contributed by atoms with Crippen molar-refractivity contribution >= 4 is 24.7 Å². The summed E-state index contributed by atoms with van der Waals surface area (Å²) in [6, 6.07) is 37.7. The number of hydrogen-bond donors (Lipinski definition) is 1. The van der Waals surface area contributed by atoms with E-state index in [9.17, 15) is 9.90 Å². The standard InChI is InChI=1S/C32H34O3Si/c1-32(2,3)36(29-17-6-4-7-18-29,30-19-8-5-9-20-30)35-24-28-16-11-10-15-27(28)22-25-13-12-14-26(21-25)23-31(33)34/h4-21H,22-24H2,1-3H3,(H,33,34). The molecule has 4 aromatic rings. The second-order valence-electron chi connectivity index (χ2n) is 10.3. The molecule has 0 aliphatic carbocycles. The van der Waals surface area contributed by atoms with E-state index in [0.717, 1.165) is 23.1 Å². The molecule has 1 N–H and O–H groups in total. The molecule has 0 heterocycles. The van der Waals surface area contributed by atoms with Crippen LogP contribution >= 0.6 is 0 Å². The van der Waals surface area contributed by atoms with Crippen molar-refractivity contribution in [3.05, 3.63) is 131 Å². The van der Waals surface area contributed by atoms with Gasteiger partial charge in [0.1, 0.15) is 0 Å². The number of carbonyl (C=O) groups is 1. The molecule has 0 radical (unpaired) electrons. The first-order valence-corrected chi connectivity index (χ1v) is 14.3. The maximum absolute atomic E-state index is 11.2. The zero-order valence-electron chi connectivity index (χ0n) is 21.3. The minimum absolute atomic E-state index is 0.0342. The topological polar surface area (TPSA) is 46.5 Å². The highest BCUT2D eigenvalue weighted by Crippen LogP contribution is 2.37. The molecule has 0 aromatic heterocycles. The van der Waals surface area contributed by atoms with Crippen LogP contribution in [0.3, 0.4) is 0 Å². The van der Waals surface area contributed by atoms with Crippen LogP contribution < -0.4 is 10.4 Å². The first-order chi connectivity index (χ1) is 17.3. The minimum Gasteiger partial charge on any atom is -0.481 e. The molecule has 0 unspecified atom stereocenters. The molecule has 0 aliphatic heterocycles. The van der Waals surface area contributed by atoms with Gasteiger partial charge < -0.3 is 9.53 Å². The van der Waals surface area contributed by atoms with Crippen molar-refractivity contribution in [3.63, 3.8) is 0 Å². The van der Waals surface area contributed by atoms with Gasteiger partial charge in [-0.15, -0.1) is 0 Å². The SMILES string of the molecule is CC(C)(C)[Si](OCc1ccccc1Cc1cccc(CC(=O)O)c1)(c1ccccc1)c1ccccc1. The fourth-order valence-corrected chi connectivity index (χ4v) is 9.59. The summed E-state index contributed by atoms with van der Waals surface area (Å²) >= 11 is 0. The third-order valence-corrected chi connectivity index (χ3v) is 11.7. The van der Waals surface area contributed by atoms with Crippen LogP contribution in [0.15, 0.2) is 109 Å². The van der Waals surface area contributed by atoms with Crippen molar-refractivity contribution in [1.29, 1.82) is 0 Å². The molecule has 184 valence electrons. The average molecular weight is 495 g/mol. The number of carboxylic acids is 1. The normalized spacial score (nSPS) is 11.9. The molecular formula is C32H34O3Si. The first kappa shape index (κ1) is 25.6. The van der Waals surface area contributed by atoms with Crippen LogP contribution in [-0.2, 0) is 28.7 Å². The van der Waals surface area contributed by atoms with E-state index in [-0.39, 0.29) is 11.5 Å². The summed E-state index contributed by atoms with van der Waals surface area (Å²) in [4.78, 5) is 11.2. The number of benzene rings is 4. The van der Waals surface area contributed by atoms with E-state index >= 15 is 0 Å². The largest absolute Gasteiger partial charge is 0.481 e. The molecule has 0 bridgehead atoms. The summed E-state index contributed by atoms with van der Waals surface area (Å²) < 4.78 is 7.17. The smallest absolute Gasteiger partial charge is 0.307 e. The Kier molecular flexibility index (Phi) is 7.87. The van der Waals surface area contributed by atoms with Gasteiger partial charge in [-0.3, -0.25) is 4.79 Å². The number of rotatable bonds is 9. The third-order valence-electron chi connectivity index (χ3n) is 6.72. The van der Waals surface area contributed by atoms with Gasteiger partial charge in [0.05, 0.1) is 13.0 Å². The van der Waals surface area contributed by atoms with E-state index in [2.05, 4.69) is 112 Å². The van der Waals surface area contributed by atoms with Gasteiger partial charge in [-0.05, 0) is 44.1 Å². The Labute approximate surface area is 215 Å². The lowest BCUT2D eigenvalue weighted by atomic mass is 9.98. The van der Waals surface area contributed by atoms with E-state index in [1.54, 1.807) is 0 Å². The van der Waals surface area contributed by atoms with E-state index in [1.165, 1.54) is 15.9 Å². The molecular weight excluding hydrogens is 460 g/mol. The van der Waals surface area contributed by atoms with Crippen molar-refractivity contribution in [2.24, 2.45) is 0 Å². The summed E-state index contributed by atoms with van der Waals surface area (Å²) in [5.41, 5.74) is 4.28. The van der Waals surface area contributed by atoms with Crippen molar-refractivity contribution in [3.8, 4) is 0 Å². The van der Waals surface area contributed by atoms with Crippen LogP contribution in [-0.4, -0.2) is 19.4 Å². The van der Waals surface area contributed by atoms with Gasteiger partial charge >= 0.3 is 5.97 Å². The Hall–Kier alpha value is -3.47. The second-order valence-corrected chi connectivity index (χ2v) is 14.6. The monoisotopic (exact) mass is 494 g/mol. The van der Waals surface area contributed by atoms with E-state index in [4.69, 9.17) is 4.43 Å². The molecule has 0 spiro atoms. The Morgan fingerprint density at radius 3 is 1.81 bits per heavy atom. The Bertz CT molecular complexity index is 1250. The van der Waals surface area contributed by atoms with Gasteiger partial charge in [0.15, 0.2) is 0 Å². The molecule has 4 aromatic carbocycles. The summed E-state index contributed by atoms with van der Waals surface area (Å²) in [6.07, 6.45) is 0.764. The lowest BCUT2D eigenvalue weighted by molar-refractivity contribution is -0.136. The highest BCUT2D eigenvalue weighted by Gasteiger charge is 2.50. The van der Waals surface area contributed by atoms with Crippen molar-refractivity contribution < 1.29 is 14.3 Å². The van der Waals surface area contributed by atoms with Crippen LogP contribution in [0.25, 0.3) is 0 Å². The predicted molar refractivity (Wildman–Crippen MR) is 149 cm³/mol. The highest BCUT2D eigenvalue weighted by atomic mass is 28.4. The van der Waals surface area contributed by atoms with E-state index in [0.29, 0.717) is 6.61 Å². The van der Waals surface area contributed by atoms with Crippen LogP contribution in [0.2, 0.25) is 5.04 Å². The predicted octanol–water partition coefficient (Wildman–Crippen LogP) is 5.98.